The Hall–Kier alpha value is -2.61. The van der Waals surface area contributed by atoms with Crippen molar-refractivity contribution in [3.8, 4) is 0 Å². The van der Waals surface area contributed by atoms with Crippen LogP contribution in [-0.4, -0.2) is 42.3 Å². The number of fused-ring (bicyclic) bond motifs is 3. The number of aliphatic hydroxyl groups is 1. The van der Waals surface area contributed by atoms with Crippen molar-refractivity contribution in [3.05, 3.63) is 59.0 Å². The van der Waals surface area contributed by atoms with Crippen LogP contribution in [0.3, 0.4) is 0 Å². The molecular weight excluding hydrogens is 402 g/mol. The number of aliphatic hydroxyl groups excluding tert-OH is 1. The van der Waals surface area contributed by atoms with E-state index in [1.54, 1.807) is 18.6 Å². The Morgan fingerprint density at radius 2 is 2.03 bits per heavy atom. The Balaban J connectivity index is 1.77. The molecule has 7 nitrogen and oxygen atoms in total. The number of benzene rings is 1. The second-order valence-corrected chi connectivity index (χ2v) is 8.27. The summed E-state index contributed by atoms with van der Waals surface area (Å²) >= 11 is 6.32. The Bertz CT molecular complexity index is 1220. The minimum atomic E-state index is -1.00. The van der Waals surface area contributed by atoms with Gasteiger partial charge in [0.15, 0.2) is 6.10 Å². The van der Waals surface area contributed by atoms with Gasteiger partial charge in [-0.05, 0) is 44.9 Å². The van der Waals surface area contributed by atoms with E-state index in [9.17, 15) is 5.11 Å². The lowest BCUT2D eigenvalue weighted by Gasteiger charge is -2.30. The van der Waals surface area contributed by atoms with Gasteiger partial charge in [-0.15, -0.1) is 0 Å². The van der Waals surface area contributed by atoms with Crippen LogP contribution in [0.25, 0.3) is 21.9 Å². The highest BCUT2D eigenvalue weighted by molar-refractivity contribution is 6.31. The maximum atomic E-state index is 11.2. The molecule has 0 amide bonds. The number of pyridine rings is 1. The van der Waals surface area contributed by atoms with E-state index in [0.29, 0.717) is 23.1 Å². The molecule has 0 radical (unpaired) electrons. The van der Waals surface area contributed by atoms with E-state index in [4.69, 9.17) is 21.3 Å². The molecule has 0 spiro atoms. The van der Waals surface area contributed by atoms with Crippen LogP contribution in [0.5, 0.6) is 0 Å². The normalized spacial score (nSPS) is 20.7. The summed E-state index contributed by atoms with van der Waals surface area (Å²) < 4.78 is 7.91. The molecule has 3 aromatic heterocycles. The first-order chi connectivity index (χ1) is 14.5. The minimum absolute atomic E-state index is 0.127. The second kappa shape index (κ2) is 7.58. The summed E-state index contributed by atoms with van der Waals surface area (Å²) in [6.07, 6.45) is 5.79. The van der Waals surface area contributed by atoms with Crippen molar-refractivity contribution >= 4 is 33.5 Å². The molecule has 1 N–H and O–H groups in total. The van der Waals surface area contributed by atoms with Gasteiger partial charge in [-0.3, -0.25) is 15.0 Å². The van der Waals surface area contributed by atoms with Crippen LogP contribution in [-0.2, 0) is 4.74 Å². The van der Waals surface area contributed by atoms with Gasteiger partial charge in [0.1, 0.15) is 11.3 Å². The predicted molar refractivity (Wildman–Crippen MR) is 115 cm³/mol. The molecule has 1 fully saturated rings. The van der Waals surface area contributed by atoms with E-state index in [0.717, 1.165) is 40.5 Å². The Morgan fingerprint density at radius 3 is 2.80 bits per heavy atom. The van der Waals surface area contributed by atoms with Gasteiger partial charge in [-0.25, -0.2) is 4.98 Å². The molecule has 1 aliphatic heterocycles. The Morgan fingerprint density at radius 1 is 1.17 bits per heavy atom. The molecule has 3 atom stereocenters. The molecular formula is C22H22ClN5O2. The van der Waals surface area contributed by atoms with Crippen molar-refractivity contribution in [2.24, 2.45) is 0 Å². The summed E-state index contributed by atoms with van der Waals surface area (Å²) in [6, 6.07) is 5.78. The van der Waals surface area contributed by atoms with Gasteiger partial charge in [0.05, 0.1) is 40.9 Å². The third-order valence-corrected chi connectivity index (χ3v) is 5.89. The topological polar surface area (TPSA) is 86.0 Å². The van der Waals surface area contributed by atoms with Gasteiger partial charge in [0, 0.05) is 29.3 Å². The van der Waals surface area contributed by atoms with Gasteiger partial charge in [0.25, 0.3) is 0 Å². The first kappa shape index (κ1) is 19.4. The molecule has 4 heterocycles. The van der Waals surface area contributed by atoms with E-state index in [2.05, 4.69) is 26.4 Å². The van der Waals surface area contributed by atoms with Crippen LogP contribution in [0.15, 0.2) is 36.8 Å². The molecule has 154 valence electrons. The SMILES string of the molecule is Cc1cnc(C(O)c2nc3cnc4ccc(Cl)cc4c3n2[C@@H]2CCO[C@@H](C)C2)cn1. The van der Waals surface area contributed by atoms with E-state index in [1.807, 2.05) is 25.1 Å². The highest BCUT2D eigenvalue weighted by Crippen LogP contribution is 2.36. The highest BCUT2D eigenvalue weighted by atomic mass is 35.5. The fraction of sp³-hybridized carbons (Fsp3) is 0.364. The number of rotatable bonds is 3. The number of imidazole rings is 1. The molecule has 0 aliphatic carbocycles. The van der Waals surface area contributed by atoms with Gasteiger partial charge in [-0.2, -0.15) is 0 Å². The molecule has 0 bridgehead atoms. The Labute approximate surface area is 178 Å². The first-order valence-corrected chi connectivity index (χ1v) is 10.4. The van der Waals surface area contributed by atoms with Crippen molar-refractivity contribution in [2.75, 3.05) is 6.61 Å². The first-order valence-electron chi connectivity index (χ1n) is 10.1. The van der Waals surface area contributed by atoms with Crippen molar-refractivity contribution < 1.29 is 9.84 Å². The Kier molecular flexibility index (Phi) is 4.89. The largest absolute Gasteiger partial charge is 0.379 e. The number of halogens is 1. The van der Waals surface area contributed by atoms with Crippen LogP contribution in [0, 0.1) is 6.92 Å². The van der Waals surface area contributed by atoms with Crippen molar-refractivity contribution in [2.45, 2.75) is 44.9 Å². The number of hydrogen-bond donors (Lipinski definition) is 1. The lowest BCUT2D eigenvalue weighted by molar-refractivity contribution is 0.00517. The van der Waals surface area contributed by atoms with E-state index >= 15 is 0 Å². The number of ether oxygens (including phenoxy) is 1. The minimum Gasteiger partial charge on any atom is -0.379 e. The van der Waals surface area contributed by atoms with E-state index in [-0.39, 0.29) is 12.1 Å². The van der Waals surface area contributed by atoms with Gasteiger partial charge in [-0.1, -0.05) is 11.6 Å². The number of nitrogens with zero attached hydrogens (tertiary/aromatic N) is 5. The molecule has 5 rings (SSSR count). The van der Waals surface area contributed by atoms with Crippen molar-refractivity contribution in [1.82, 2.24) is 24.5 Å². The standard InChI is InChI=1S/C22H22ClN5O2/c1-12-9-25-19(11-24-12)21(29)22-27-18-10-26-17-4-3-14(23)8-16(17)20(18)28(22)15-5-6-30-13(2)7-15/h3-4,8-11,13,15,21,29H,5-7H2,1-2H3/t13-,15+,21?/m0/s1. The summed E-state index contributed by atoms with van der Waals surface area (Å²) in [6.45, 7) is 4.60. The van der Waals surface area contributed by atoms with Crippen LogP contribution in [0.4, 0.5) is 0 Å². The maximum absolute atomic E-state index is 11.2. The maximum Gasteiger partial charge on any atom is 0.155 e. The van der Waals surface area contributed by atoms with Crippen LogP contribution < -0.4 is 0 Å². The number of hydrogen-bond acceptors (Lipinski definition) is 6. The molecule has 1 aromatic carbocycles. The fourth-order valence-electron chi connectivity index (χ4n) is 4.21. The lowest BCUT2D eigenvalue weighted by Crippen LogP contribution is -2.27. The molecule has 8 heteroatoms. The van der Waals surface area contributed by atoms with Crippen LogP contribution in [0.2, 0.25) is 5.02 Å². The summed E-state index contributed by atoms with van der Waals surface area (Å²) in [5.74, 6) is 0.538. The average molecular weight is 424 g/mol. The van der Waals surface area contributed by atoms with Gasteiger partial charge >= 0.3 is 0 Å². The monoisotopic (exact) mass is 423 g/mol. The summed E-state index contributed by atoms with van der Waals surface area (Å²) in [4.78, 5) is 18.0. The average Bonchev–Trinajstić information content (AvgIpc) is 3.14. The van der Waals surface area contributed by atoms with Gasteiger partial charge < -0.3 is 14.4 Å². The lowest BCUT2D eigenvalue weighted by atomic mass is 10.0. The molecule has 1 saturated heterocycles. The van der Waals surface area contributed by atoms with Crippen LogP contribution in [0.1, 0.15) is 49.1 Å². The third kappa shape index (κ3) is 3.33. The molecule has 1 unspecified atom stereocenters. The predicted octanol–water partition coefficient (Wildman–Crippen LogP) is 4.16. The molecule has 0 saturated carbocycles. The zero-order chi connectivity index (χ0) is 20.8. The van der Waals surface area contributed by atoms with E-state index in [1.165, 1.54) is 0 Å². The quantitative estimate of drug-likeness (QED) is 0.532. The van der Waals surface area contributed by atoms with Gasteiger partial charge in [0.2, 0.25) is 0 Å². The zero-order valence-corrected chi connectivity index (χ0v) is 17.5. The van der Waals surface area contributed by atoms with Crippen molar-refractivity contribution in [1.29, 1.82) is 0 Å². The summed E-state index contributed by atoms with van der Waals surface area (Å²) in [7, 11) is 0. The highest BCUT2D eigenvalue weighted by Gasteiger charge is 2.30. The zero-order valence-electron chi connectivity index (χ0n) is 16.8. The van der Waals surface area contributed by atoms with Crippen LogP contribution >= 0.6 is 11.6 Å². The number of aromatic nitrogens is 5. The summed E-state index contributed by atoms with van der Waals surface area (Å²) in [5.41, 5.74) is 3.74. The second-order valence-electron chi connectivity index (χ2n) is 7.84. The summed E-state index contributed by atoms with van der Waals surface area (Å²) in [5, 5.41) is 12.8. The van der Waals surface area contributed by atoms with E-state index < -0.39 is 6.10 Å². The molecule has 1 aliphatic rings. The molecule has 4 aromatic rings. The van der Waals surface area contributed by atoms with Crippen molar-refractivity contribution in [3.63, 3.8) is 0 Å². The smallest absolute Gasteiger partial charge is 0.155 e. The third-order valence-electron chi connectivity index (χ3n) is 5.65. The fourth-order valence-corrected chi connectivity index (χ4v) is 4.39. The number of aryl methyl sites for hydroxylation is 1. The molecule has 30 heavy (non-hydrogen) atoms.